The van der Waals surface area contributed by atoms with E-state index in [-0.39, 0.29) is 5.91 Å². The van der Waals surface area contributed by atoms with E-state index >= 15 is 0 Å². The van der Waals surface area contributed by atoms with Crippen molar-refractivity contribution in [3.05, 3.63) is 16.6 Å². The molecule has 1 aromatic rings. The molecule has 1 aromatic heterocycles. The van der Waals surface area contributed by atoms with Gasteiger partial charge in [-0.15, -0.1) is 11.3 Å². The smallest absolute Gasteiger partial charge is 0.233 e. The first-order valence-electron chi connectivity index (χ1n) is 5.53. The van der Waals surface area contributed by atoms with Crippen molar-refractivity contribution in [1.82, 2.24) is 15.6 Å². The van der Waals surface area contributed by atoms with Gasteiger partial charge in [0.05, 0.1) is 12.1 Å². The van der Waals surface area contributed by atoms with Crippen LogP contribution in [0.2, 0.25) is 0 Å². The van der Waals surface area contributed by atoms with Crippen LogP contribution in [0.1, 0.15) is 25.1 Å². The molecular weight excluding hydrogens is 222 g/mol. The van der Waals surface area contributed by atoms with Crippen molar-refractivity contribution in [1.29, 1.82) is 0 Å². The summed E-state index contributed by atoms with van der Waals surface area (Å²) in [7, 11) is 0. The van der Waals surface area contributed by atoms with Gasteiger partial charge in [0.2, 0.25) is 5.91 Å². The predicted molar refractivity (Wildman–Crippen MR) is 66.3 cm³/mol. The fourth-order valence-electron chi connectivity index (χ4n) is 1.19. The number of amides is 1. The Hall–Kier alpha value is -0.940. The molecule has 0 aliphatic heterocycles. The molecule has 1 amide bonds. The van der Waals surface area contributed by atoms with Crippen LogP contribution in [0.15, 0.2) is 11.7 Å². The van der Waals surface area contributed by atoms with E-state index in [1.165, 1.54) is 0 Å². The number of nitrogens with zero attached hydrogens (tertiary/aromatic N) is 1. The van der Waals surface area contributed by atoms with Gasteiger partial charge in [-0.1, -0.05) is 13.8 Å². The molecule has 1 rings (SSSR count). The normalized spacial score (nSPS) is 10.7. The maximum absolute atomic E-state index is 11.4. The first kappa shape index (κ1) is 13.1. The molecule has 0 aromatic carbocycles. The lowest BCUT2D eigenvalue weighted by atomic mass is 10.1. The molecule has 0 fully saturated rings. The number of nitrogens with one attached hydrogen (secondary N) is 2. The molecule has 16 heavy (non-hydrogen) atoms. The van der Waals surface area contributed by atoms with Crippen LogP contribution < -0.4 is 10.6 Å². The summed E-state index contributed by atoms with van der Waals surface area (Å²) in [5.41, 5.74) is 1.79. The first-order valence-corrected chi connectivity index (χ1v) is 6.41. The number of hydrogen-bond acceptors (Lipinski definition) is 4. The number of carbonyl (C=O) groups excluding carboxylic acids is 1. The molecule has 0 aliphatic carbocycles. The van der Waals surface area contributed by atoms with Gasteiger partial charge in [-0.3, -0.25) is 9.78 Å². The zero-order valence-corrected chi connectivity index (χ0v) is 10.6. The minimum atomic E-state index is 0.0603. The highest BCUT2D eigenvalue weighted by Gasteiger charge is 2.01. The molecule has 0 unspecified atom stereocenters. The van der Waals surface area contributed by atoms with Crippen LogP contribution in [0, 0.1) is 5.92 Å². The lowest BCUT2D eigenvalue weighted by Gasteiger charge is -2.07. The summed E-state index contributed by atoms with van der Waals surface area (Å²) in [4.78, 5) is 16.5. The van der Waals surface area contributed by atoms with Gasteiger partial charge >= 0.3 is 0 Å². The van der Waals surface area contributed by atoms with E-state index in [0.717, 1.165) is 17.8 Å². The van der Waals surface area contributed by atoms with E-state index in [1.807, 2.05) is 6.20 Å². The van der Waals surface area contributed by atoms with Crippen molar-refractivity contribution in [2.75, 3.05) is 13.1 Å². The van der Waals surface area contributed by atoms with E-state index in [1.54, 1.807) is 16.8 Å². The average molecular weight is 241 g/mol. The molecule has 90 valence electrons. The van der Waals surface area contributed by atoms with E-state index in [0.29, 0.717) is 19.0 Å². The Morgan fingerprint density at radius 3 is 3.00 bits per heavy atom. The third-order valence-electron chi connectivity index (χ3n) is 2.11. The van der Waals surface area contributed by atoms with Crippen molar-refractivity contribution >= 4 is 17.2 Å². The Bertz CT molecular complexity index is 298. The second-order valence-corrected chi connectivity index (χ2v) is 5.07. The Morgan fingerprint density at radius 1 is 1.56 bits per heavy atom. The lowest BCUT2D eigenvalue weighted by Crippen LogP contribution is -2.34. The van der Waals surface area contributed by atoms with E-state index in [2.05, 4.69) is 29.5 Å². The largest absolute Gasteiger partial charge is 0.355 e. The molecule has 1 heterocycles. The molecule has 0 radical (unpaired) electrons. The van der Waals surface area contributed by atoms with Crippen LogP contribution in [0.25, 0.3) is 0 Å². The van der Waals surface area contributed by atoms with Crippen molar-refractivity contribution in [3.8, 4) is 0 Å². The number of rotatable bonds is 7. The van der Waals surface area contributed by atoms with E-state index < -0.39 is 0 Å². The molecule has 4 nitrogen and oxygen atoms in total. The number of aromatic nitrogens is 1. The summed E-state index contributed by atoms with van der Waals surface area (Å²) in [6.45, 7) is 6.14. The van der Waals surface area contributed by atoms with Crippen LogP contribution in [0.5, 0.6) is 0 Å². The maximum atomic E-state index is 11.4. The van der Waals surface area contributed by atoms with E-state index in [9.17, 15) is 4.79 Å². The standard InChI is InChI=1S/C11H19N3OS/c1-9(2)3-4-14-11(15)7-12-5-10-6-13-8-16-10/h6,8-9,12H,3-5,7H2,1-2H3,(H,14,15). The number of hydrogen-bond donors (Lipinski definition) is 2. The zero-order chi connectivity index (χ0) is 11.8. The Morgan fingerprint density at radius 2 is 2.38 bits per heavy atom. The van der Waals surface area contributed by atoms with Crippen molar-refractivity contribution in [2.24, 2.45) is 5.92 Å². The van der Waals surface area contributed by atoms with Gasteiger partial charge in [0, 0.05) is 24.2 Å². The van der Waals surface area contributed by atoms with E-state index in [4.69, 9.17) is 0 Å². The highest BCUT2D eigenvalue weighted by atomic mass is 32.1. The molecule has 0 atom stereocenters. The van der Waals surface area contributed by atoms with Crippen LogP contribution >= 0.6 is 11.3 Å². The Labute approximate surface area is 100 Å². The van der Waals surface area contributed by atoms with Gasteiger partial charge in [-0.05, 0) is 12.3 Å². The van der Waals surface area contributed by atoms with Gasteiger partial charge in [0.1, 0.15) is 0 Å². The summed E-state index contributed by atoms with van der Waals surface area (Å²) in [5.74, 6) is 0.690. The zero-order valence-electron chi connectivity index (χ0n) is 9.82. The van der Waals surface area contributed by atoms with Crippen molar-refractivity contribution in [3.63, 3.8) is 0 Å². The summed E-state index contributed by atoms with van der Waals surface area (Å²) in [5, 5.41) is 5.96. The predicted octanol–water partition coefficient (Wildman–Crippen LogP) is 1.39. The van der Waals surface area contributed by atoms with Crippen molar-refractivity contribution < 1.29 is 4.79 Å². The second-order valence-electron chi connectivity index (χ2n) is 4.10. The van der Waals surface area contributed by atoms with Gasteiger partial charge < -0.3 is 10.6 Å². The summed E-state index contributed by atoms with van der Waals surface area (Å²) >= 11 is 1.59. The SMILES string of the molecule is CC(C)CCNC(=O)CNCc1cncs1. The van der Waals surface area contributed by atoms with Crippen molar-refractivity contribution in [2.45, 2.75) is 26.8 Å². The number of carbonyl (C=O) groups is 1. The van der Waals surface area contributed by atoms with Gasteiger partial charge in [0.15, 0.2) is 0 Å². The second kappa shape index (κ2) is 7.35. The third-order valence-corrected chi connectivity index (χ3v) is 2.89. The highest BCUT2D eigenvalue weighted by molar-refractivity contribution is 7.09. The molecule has 0 aliphatic rings. The summed E-state index contributed by atoms with van der Waals surface area (Å²) in [6.07, 6.45) is 2.84. The minimum absolute atomic E-state index is 0.0603. The number of thiazole rings is 1. The van der Waals surface area contributed by atoms with Crippen LogP contribution in [-0.4, -0.2) is 24.0 Å². The van der Waals surface area contributed by atoms with Crippen LogP contribution in [-0.2, 0) is 11.3 Å². The van der Waals surface area contributed by atoms with Gasteiger partial charge in [-0.25, -0.2) is 0 Å². The minimum Gasteiger partial charge on any atom is -0.355 e. The quantitative estimate of drug-likeness (QED) is 0.758. The van der Waals surface area contributed by atoms with Gasteiger partial charge in [-0.2, -0.15) is 0 Å². The topological polar surface area (TPSA) is 54.0 Å². The highest BCUT2D eigenvalue weighted by Crippen LogP contribution is 2.03. The molecule has 0 saturated carbocycles. The molecular formula is C11H19N3OS. The first-order chi connectivity index (χ1) is 7.68. The summed E-state index contributed by atoms with van der Waals surface area (Å²) < 4.78 is 0. The Balaban J connectivity index is 2.02. The maximum Gasteiger partial charge on any atom is 0.233 e. The molecule has 0 spiro atoms. The summed E-state index contributed by atoms with van der Waals surface area (Å²) in [6, 6.07) is 0. The molecule has 5 heteroatoms. The van der Waals surface area contributed by atoms with Crippen LogP contribution in [0.4, 0.5) is 0 Å². The molecule has 0 saturated heterocycles. The average Bonchev–Trinajstić information content (AvgIpc) is 2.70. The molecule has 0 bridgehead atoms. The van der Waals surface area contributed by atoms with Gasteiger partial charge in [0.25, 0.3) is 0 Å². The van der Waals surface area contributed by atoms with Crippen LogP contribution in [0.3, 0.4) is 0 Å². The fraction of sp³-hybridized carbons (Fsp3) is 0.636. The third kappa shape index (κ3) is 5.82. The Kier molecular flexibility index (Phi) is 6.03. The fourth-order valence-corrected chi connectivity index (χ4v) is 1.76. The lowest BCUT2D eigenvalue weighted by molar-refractivity contribution is -0.120. The monoisotopic (exact) mass is 241 g/mol. The molecule has 2 N–H and O–H groups in total.